The number of nitrogens with one attached hydrogen (secondary N) is 1. The number of hydrogen-bond donors (Lipinski definition) is 1. The fraction of sp³-hybridized carbons (Fsp3) is 0.276. The summed E-state index contributed by atoms with van der Waals surface area (Å²) in [6, 6.07) is 18.2. The van der Waals surface area contributed by atoms with Gasteiger partial charge in [-0.2, -0.15) is 0 Å². The van der Waals surface area contributed by atoms with Crippen LogP contribution in [0.15, 0.2) is 73.1 Å². The molecule has 1 N–H and O–H groups in total. The molecule has 1 aliphatic heterocycles. The Bertz CT molecular complexity index is 1370. The third-order valence-corrected chi connectivity index (χ3v) is 6.41. The van der Waals surface area contributed by atoms with Gasteiger partial charge in [0.1, 0.15) is 18.0 Å². The second kappa shape index (κ2) is 10.6. The molecule has 0 saturated carbocycles. The van der Waals surface area contributed by atoms with E-state index in [0.717, 1.165) is 42.8 Å². The number of aryl methyl sites for hydroxylation is 1. The van der Waals surface area contributed by atoms with Crippen LogP contribution >= 0.6 is 0 Å². The molecule has 1 fully saturated rings. The normalized spacial score (nSPS) is 13.9. The molecule has 0 radical (unpaired) electrons. The van der Waals surface area contributed by atoms with Crippen molar-refractivity contribution in [2.45, 2.75) is 39.2 Å². The molecule has 4 aromatic rings. The maximum atomic E-state index is 12.8. The van der Waals surface area contributed by atoms with Crippen LogP contribution in [0.4, 0.5) is 5.69 Å². The molecule has 7 nitrogen and oxygen atoms in total. The number of pyridine rings is 1. The van der Waals surface area contributed by atoms with Crippen LogP contribution in [-0.4, -0.2) is 39.2 Å². The first-order valence-corrected chi connectivity index (χ1v) is 12.4. The van der Waals surface area contributed by atoms with E-state index < -0.39 is 0 Å². The zero-order valence-electron chi connectivity index (χ0n) is 20.4. The Balaban J connectivity index is 1.19. The highest BCUT2D eigenvalue weighted by Gasteiger charge is 2.17. The van der Waals surface area contributed by atoms with Crippen molar-refractivity contribution in [3.8, 4) is 5.75 Å². The molecule has 1 saturated heterocycles. The van der Waals surface area contributed by atoms with Crippen LogP contribution in [0.5, 0.6) is 5.75 Å². The quantitative estimate of drug-likeness (QED) is 0.394. The van der Waals surface area contributed by atoms with E-state index in [1.807, 2.05) is 46.8 Å². The Morgan fingerprint density at radius 1 is 0.917 bits per heavy atom. The van der Waals surface area contributed by atoms with E-state index in [1.165, 1.54) is 12.8 Å². The average molecular weight is 483 g/mol. The Morgan fingerprint density at radius 3 is 2.47 bits per heavy atom. The number of amides is 2. The zero-order valence-corrected chi connectivity index (χ0v) is 20.4. The van der Waals surface area contributed by atoms with Crippen LogP contribution in [0, 0.1) is 6.92 Å². The number of aromatic nitrogens is 2. The van der Waals surface area contributed by atoms with E-state index in [1.54, 1.807) is 42.5 Å². The monoisotopic (exact) mass is 482 g/mol. The molecule has 7 heteroatoms. The van der Waals surface area contributed by atoms with Gasteiger partial charge in [0.15, 0.2) is 0 Å². The summed E-state index contributed by atoms with van der Waals surface area (Å²) in [6.45, 7) is 3.97. The number of hydrogen-bond acceptors (Lipinski definition) is 4. The van der Waals surface area contributed by atoms with Crippen molar-refractivity contribution in [2.75, 3.05) is 18.4 Å². The number of rotatable bonds is 6. The summed E-state index contributed by atoms with van der Waals surface area (Å²) in [7, 11) is 0. The maximum Gasteiger partial charge on any atom is 0.255 e. The highest BCUT2D eigenvalue weighted by Crippen LogP contribution is 2.19. The minimum absolute atomic E-state index is 0.0559. The molecular weight excluding hydrogens is 452 g/mol. The minimum atomic E-state index is -0.241. The molecule has 0 unspecified atom stereocenters. The standard InChI is InChI=1S/C29H30N4O3/c1-21-9-14-27-30-25(19-33(27)18-21)20-36-26-8-6-7-23(17-26)28(34)31-24-12-10-22(11-13-24)29(35)32-15-4-2-3-5-16-32/h6-14,17-19H,2-5,15-16,20H2,1H3,(H,31,34). The topological polar surface area (TPSA) is 75.9 Å². The predicted molar refractivity (Wildman–Crippen MR) is 139 cm³/mol. The molecule has 0 atom stereocenters. The van der Waals surface area contributed by atoms with Gasteiger partial charge >= 0.3 is 0 Å². The minimum Gasteiger partial charge on any atom is -0.487 e. The average Bonchev–Trinajstić information content (AvgIpc) is 3.10. The number of carbonyl (C=O) groups is 2. The number of imidazole rings is 1. The molecule has 36 heavy (non-hydrogen) atoms. The molecule has 5 rings (SSSR count). The van der Waals surface area contributed by atoms with Crippen LogP contribution in [0.1, 0.15) is 57.7 Å². The van der Waals surface area contributed by atoms with Gasteiger partial charge in [0.2, 0.25) is 0 Å². The molecule has 2 aromatic heterocycles. The molecule has 2 aromatic carbocycles. The second-order valence-corrected chi connectivity index (χ2v) is 9.26. The second-order valence-electron chi connectivity index (χ2n) is 9.26. The molecule has 0 aliphatic carbocycles. The third kappa shape index (κ3) is 5.57. The van der Waals surface area contributed by atoms with Gasteiger partial charge in [-0.3, -0.25) is 9.59 Å². The molecule has 1 aliphatic rings. The van der Waals surface area contributed by atoms with Crippen molar-refractivity contribution in [2.24, 2.45) is 0 Å². The summed E-state index contributed by atoms with van der Waals surface area (Å²) >= 11 is 0. The number of anilines is 1. The summed E-state index contributed by atoms with van der Waals surface area (Å²) < 4.78 is 7.88. The molecule has 184 valence electrons. The first-order chi connectivity index (χ1) is 17.5. The lowest BCUT2D eigenvalue weighted by Gasteiger charge is -2.20. The Hall–Kier alpha value is -4.13. The summed E-state index contributed by atoms with van der Waals surface area (Å²) in [5.74, 6) is 0.407. The van der Waals surface area contributed by atoms with E-state index in [-0.39, 0.29) is 11.8 Å². The fourth-order valence-electron chi connectivity index (χ4n) is 4.47. The Kier molecular flexibility index (Phi) is 6.98. The fourth-order valence-corrected chi connectivity index (χ4v) is 4.47. The van der Waals surface area contributed by atoms with Crippen molar-refractivity contribution < 1.29 is 14.3 Å². The lowest BCUT2D eigenvalue weighted by atomic mass is 10.1. The summed E-state index contributed by atoms with van der Waals surface area (Å²) in [6.07, 6.45) is 8.44. The number of ether oxygens (including phenoxy) is 1. The van der Waals surface area contributed by atoms with Crippen LogP contribution < -0.4 is 10.1 Å². The van der Waals surface area contributed by atoms with Crippen LogP contribution in [0.25, 0.3) is 5.65 Å². The third-order valence-electron chi connectivity index (χ3n) is 6.41. The number of benzene rings is 2. The van der Waals surface area contributed by atoms with Crippen LogP contribution in [-0.2, 0) is 6.61 Å². The van der Waals surface area contributed by atoms with Gasteiger partial charge in [-0.05, 0) is 73.9 Å². The molecule has 0 spiro atoms. The van der Waals surface area contributed by atoms with Crippen LogP contribution in [0.3, 0.4) is 0 Å². The number of fused-ring (bicyclic) bond motifs is 1. The van der Waals surface area contributed by atoms with Crippen molar-refractivity contribution in [3.05, 3.63) is 95.4 Å². The van der Waals surface area contributed by atoms with Gasteiger partial charge in [0, 0.05) is 42.3 Å². The van der Waals surface area contributed by atoms with Gasteiger partial charge in [0.25, 0.3) is 11.8 Å². The van der Waals surface area contributed by atoms with Crippen molar-refractivity contribution in [1.29, 1.82) is 0 Å². The Morgan fingerprint density at radius 2 is 1.69 bits per heavy atom. The van der Waals surface area contributed by atoms with E-state index in [9.17, 15) is 9.59 Å². The first kappa shape index (κ1) is 23.6. The van der Waals surface area contributed by atoms with Gasteiger partial charge < -0.3 is 19.4 Å². The largest absolute Gasteiger partial charge is 0.487 e. The maximum absolute atomic E-state index is 12.8. The highest BCUT2D eigenvalue weighted by molar-refractivity contribution is 6.04. The van der Waals surface area contributed by atoms with E-state index >= 15 is 0 Å². The summed E-state index contributed by atoms with van der Waals surface area (Å²) in [5, 5.41) is 2.90. The van der Waals surface area contributed by atoms with Gasteiger partial charge in [-0.25, -0.2) is 4.98 Å². The van der Waals surface area contributed by atoms with Crippen molar-refractivity contribution in [3.63, 3.8) is 0 Å². The molecule has 0 bridgehead atoms. The van der Waals surface area contributed by atoms with Crippen LogP contribution in [0.2, 0.25) is 0 Å². The zero-order chi connectivity index (χ0) is 24.9. The van der Waals surface area contributed by atoms with E-state index in [0.29, 0.717) is 29.2 Å². The predicted octanol–water partition coefficient (Wildman–Crippen LogP) is 5.49. The highest BCUT2D eigenvalue weighted by atomic mass is 16.5. The van der Waals surface area contributed by atoms with E-state index in [4.69, 9.17) is 4.74 Å². The summed E-state index contributed by atoms with van der Waals surface area (Å²) in [4.78, 5) is 32.1. The lowest BCUT2D eigenvalue weighted by molar-refractivity contribution is 0.0761. The van der Waals surface area contributed by atoms with Gasteiger partial charge in [0.05, 0.1) is 5.69 Å². The number of carbonyl (C=O) groups excluding carboxylic acids is 2. The van der Waals surface area contributed by atoms with Crippen molar-refractivity contribution >= 4 is 23.1 Å². The lowest BCUT2D eigenvalue weighted by Crippen LogP contribution is -2.31. The number of likely N-dealkylation sites (tertiary alicyclic amines) is 1. The van der Waals surface area contributed by atoms with Gasteiger partial charge in [-0.15, -0.1) is 0 Å². The van der Waals surface area contributed by atoms with E-state index in [2.05, 4.69) is 10.3 Å². The first-order valence-electron chi connectivity index (χ1n) is 12.4. The molecule has 3 heterocycles. The van der Waals surface area contributed by atoms with Gasteiger partial charge in [-0.1, -0.05) is 25.0 Å². The Labute approximate surface area is 210 Å². The van der Waals surface area contributed by atoms with Crippen molar-refractivity contribution in [1.82, 2.24) is 14.3 Å². The smallest absolute Gasteiger partial charge is 0.255 e. The SMILES string of the molecule is Cc1ccc2nc(COc3cccc(C(=O)Nc4ccc(C(=O)N5CCCCCC5)cc4)c3)cn2c1. The molecular formula is C29H30N4O3. The summed E-state index contributed by atoms with van der Waals surface area (Å²) in [5.41, 5.74) is 4.61. The molecule has 2 amide bonds. The number of nitrogens with zero attached hydrogens (tertiary/aromatic N) is 3.